The van der Waals surface area contributed by atoms with Gasteiger partial charge in [-0.25, -0.2) is 0 Å². The Hall–Kier alpha value is -1.23. The van der Waals surface area contributed by atoms with Crippen molar-refractivity contribution >= 4 is 17.7 Å². The third-order valence-corrected chi connectivity index (χ3v) is 4.25. The number of guanidine groups is 1. The number of hydrogen-bond donors (Lipinski definition) is 2. The molecule has 0 spiro atoms. The van der Waals surface area contributed by atoms with Crippen molar-refractivity contribution < 1.29 is 0 Å². The van der Waals surface area contributed by atoms with Gasteiger partial charge in [0.2, 0.25) is 0 Å². The molecule has 0 fully saturated rings. The minimum Gasteiger partial charge on any atom is -0.355 e. The highest BCUT2D eigenvalue weighted by Gasteiger charge is 2.16. The second-order valence-electron chi connectivity index (χ2n) is 5.01. The Balaban J connectivity index is 2.49. The molecule has 0 aliphatic heterocycles. The zero-order chi connectivity index (χ0) is 14.3. The van der Waals surface area contributed by atoms with Gasteiger partial charge in [0.05, 0.1) is 12.2 Å². The normalized spacial score (nSPS) is 12.4. The first-order valence-corrected chi connectivity index (χ1v) is 7.61. The Bertz CT molecular complexity index is 429. The highest BCUT2D eigenvalue weighted by Crippen LogP contribution is 2.19. The molecule has 5 heteroatoms. The molecule has 2 N–H and O–H groups in total. The minimum absolute atomic E-state index is 0.193. The highest BCUT2D eigenvalue weighted by atomic mass is 32.2. The first kappa shape index (κ1) is 15.8. The lowest BCUT2D eigenvalue weighted by Gasteiger charge is -2.23. The molecular formula is C14H24N4S. The van der Waals surface area contributed by atoms with Crippen LogP contribution in [0.25, 0.3) is 0 Å². The number of thioether (sulfide) groups is 1. The Labute approximate surface area is 120 Å². The van der Waals surface area contributed by atoms with Crippen LogP contribution in [0.5, 0.6) is 0 Å². The van der Waals surface area contributed by atoms with Crippen molar-refractivity contribution in [2.75, 3.05) is 19.8 Å². The van der Waals surface area contributed by atoms with Crippen molar-refractivity contribution in [1.82, 2.24) is 15.6 Å². The predicted octanol–water partition coefficient (Wildman–Crippen LogP) is 2.20. The van der Waals surface area contributed by atoms with Crippen LogP contribution in [-0.4, -0.2) is 35.5 Å². The number of aromatic nitrogens is 1. The summed E-state index contributed by atoms with van der Waals surface area (Å²) in [5.41, 5.74) is 2.24. The van der Waals surface area contributed by atoms with Crippen molar-refractivity contribution in [3.05, 3.63) is 29.6 Å². The van der Waals surface area contributed by atoms with E-state index in [1.54, 1.807) is 7.05 Å². The van der Waals surface area contributed by atoms with E-state index in [0.717, 1.165) is 18.2 Å². The van der Waals surface area contributed by atoms with Crippen LogP contribution in [-0.2, 0) is 6.54 Å². The van der Waals surface area contributed by atoms with E-state index in [-0.39, 0.29) is 4.75 Å². The summed E-state index contributed by atoms with van der Waals surface area (Å²) >= 11 is 1.84. The molecule has 0 amide bonds. The zero-order valence-electron chi connectivity index (χ0n) is 12.4. The molecule has 0 saturated heterocycles. The summed E-state index contributed by atoms with van der Waals surface area (Å²) in [7, 11) is 1.78. The summed E-state index contributed by atoms with van der Waals surface area (Å²) in [6.45, 7) is 8.04. The van der Waals surface area contributed by atoms with Gasteiger partial charge in [-0.2, -0.15) is 11.8 Å². The fourth-order valence-corrected chi connectivity index (χ4v) is 1.68. The third kappa shape index (κ3) is 5.51. The number of aryl methyl sites for hydroxylation is 1. The quantitative estimate of drug-likeness (QED) is 0.641. The molecule has 1 aromatic rings. The molecule has 1 heterocycles. The average molecular weight is 280 g/mol. The van der Waals surface area contributed by atoms with Crippen LogP contribution in [0.2, 0.25) is 0 Å². The number of rotatable bonds is 5. The average Bonchev–Trinajstić information content (AvgIpc) is 2.41. The van der Waals surface area contributed by atoms with Gasteiger partial charge in [0.1, 0.15) is 0 Å². The van der Waals surface area contributed by atoms with Gasteiger partial charge in [0.25, 0.3) is 0 Å². The molecule has 1 rings (SSSR count). The maximum absolute atomic E-state index is 4.36. The van der Waals surface area contributed by atoms with E-state index in [1.165, 1.54) is 5.56 Å². The van der Waals surface area contributed by atoms with Crippen LogP contribution in [0.3, 0.4) is 0 Å². The second-order valence-corrected chi connectivity index (χ2v) is 6.52. The van der Waals surface area contributed by atoms with E-state index >= 15 is 0 Å². The monoisotopic (exact) mass is 280 g/mol. The number of pyridine rings is 1. The van der Waals surface area contributed by atoms with Crippen LogP contribution in [0.1, 0.15) is 25.1 Å². The largest absolute Gasteiger partial charge is 0.355 e. The van der Waals surface area contributed by atoms with E-state index in [9.17, 15) is 0 Å². The molecular weight excluding hydrogens is 256 g/mol. The Morgan fingerprint density at radius 1 is 1.42 bits per heavy atom. The number of hydrogen-bond acceptors (Lipinski definition) is 3. The van der Waals surface area contributed by atoms with Crippen LogP contribution in [0.15, 0.2) is 23.3 Å². The maximum Gasteiger partial charge on any atom is 0.191 e. The molecule has 0 aromatic carbocycles. The predicted molar refractivity (Wildman–Crippen MR) is 84.8 cm³/mol. The first-order valence-electron chi connectivity index (χ1n) is 6.38. The zero-order valence-corrected chi connectivity index (χ0v) is 13.3. The summed E-state index contributed by atoms with van der Waals surface area (Å²) in [6, 6.07) is 4.02. The molecule has 0 saturated carbocycles. The third-order valence-electron chi connectivity index (χ3n) is 3.00. The second kappa shape index (κ2) is 7.38. The van der Waals surface area contributed by atoms with Gasteiger partial charge in [-0.1, -0.05) is 6.07 Å². The standard InChI is InChI=1S/C14H24N4S/c1-11-7-6-8-16-12(11)9-17-13(15-4)18-10-14(2,3)19-5/h6-8H,9-10H2,1-5H3,(H2,15,17,18). The van der Waals surface area contributed by atoms with E-state index < -0.39 is 0 Å². The molecule has 1 aromatic heterocycles. The summed E-state index contributed by atoms with van der Waals surface area (Å²) in [6.07, 6.45) is 3.94. The number of aliphatic imine (C=N–C) groups is 1. The molecule has 106 valence electrons. The van der Waals surface area contributed by atoms with Crippen LogP contribution in [0.4, 0.5) is 0 Å². The Morgan fingerprint density at radius 3 is 2.74 bits per heavy atom. The smallest absolute Gasteiger partial charge is 0.191 e. The molecule has 0 aliphatic rings. The van der Waals surface area contributed by atoms with Crippen LogP contribution < -0.4 is 10.6 Å². The molecule has 0 radical (unpaired) electrons. The Kier molecular flexibility index (Phi) is 6.15. The van der Waals surface area contributed by atoms with Crippen molar-refractivity contribution in [1.29, 1.82) is 0 Å². The molecule has 0 atom stereocenters. The van der Waals surface area contributed by atoms with Crippen molar-refractivity contribution in [3.8, 4) is 0 Å². The SMILES string of the molecule is CN=C(NCc1ncccc1C)NCC(C)(C)SC. The Morgan fingerprint density at radius 2 is 2.16 bits per heavy atom. The van der Waals surface area contributed by atoms with Crippen LogP contribution in [0, 0.1) is 6.92 Å². The van der Waals surface area contributed by atoms with Gasteiger partial charge in [-0.15, -0.1) is 0 Å². The highest BCUT2D eigenvalue weighted by molar-refractivity contribution is 7.99. The van der Waals surface area contributed by atoms with Crippen molar-refractivity contribution in [2.24, 2.45) is 4.99 Å². The lowest BCUT2D eigenvalue weighted by Crippen LogP contribution is -2.43. The van der Waals surface area contributed by atoms with Crippen molar-refractivity contribution in [3.63, 3.8) is 0 Å². The lowest BCUT2D eigenvalue weighted by atomic mass is 10.2. The summed E-state index contributed by atoms with van der Waals surface area (Å²) < 4.78 is 0.193. The van der Waals surface area contributed by atoms with Crippen LogP contribution >= 0.6 is 11.8 Å². The van der Waals surface area contributed by atoms with Gasteiger partial charge in [0, 0.05) is 24.5 Å². The number of nitrogens with one attached hydrogen (secondary N) is 2. The fourth-order valence-electron chi connectivity index (χ4n) is 1.46. The van der Waals surface area contributed by atoms with E-state index in [1.807, 2.05) is 24.0 Å². The van der Waals surface area contributed by atoms with E-state index in [0.29, 0.717) is 6.54 Å². The van der Waals surface area contributed by atoms with Gasteiger partial charge >= 0.3 is 0 Å². The summed E-state index contributed by atoms with van der Waals surface area (Å²) in [5, 5.41) is 6.63. The van der Waals surface area contributed by atoms with Gasteiger partial charge in [-0.3, -0.25) is 9.98 Å². The van der Waals surface area contributed by atoms with Gasteiger partial charge < -0.3 is 10.6 Å². The summed E-state index contributed by atoms with van der Waals surface area (Å²) in [4.78, 5) is 8.59. The van der Waals surface area contributed by atoms with Gasteiger partial charge in [0.15, 0.2) is 5.96 Å². The first-order chi connectivity index (χ1) is 8.98. The van der Waals surface area contributed by atoms with Crippen molar-refractivity contribution in [2.45, 2.75) is 32.1 Å². The summed E-state index contributed by atoms with van der Waals surface area (Å²) in [5.74, 6) is 0.812. The molecule has 19 heavy (non-hydrogen) atoms. The fraction of sp³-hybridized carbons (Fsp3) is 0.571. The maximum atomic E-state index is 4.36. The molecule has 0 unspecified atom stereocenters. The topological polar surface area (TPSA) is 49.3 Å². The molecule has 0 aliphatic carbocycles. The molecule has 0 bridgehead atoms. The van der Waals surface area contributed by atoms with E-state index in [2.05, 4.69) is 53.7 Å². The van der Waals surface area contributed by atoms with Gasteiger partial charge in [-0.05, 0) is 38.7 Å². The number of nitrogens with zero attached hydrogens (tertiary/aromatic N) is 2. The van der Waals surface area contributed by atoms with E-state index in [4.69, 9.17) is 0 Å². The minimum atomic E-state index is 0.193. The molecule has 4 nitrogen and oxygen atoms in total. The lowest BCUT2D eigenvalue weighted by molar-refractivity contribution is 0.663.